The Morgan fingerprint density at radius 2 is 1.96 bits per heavy atom. The fourth-order valence-corrected chi connectivity index (χ4v) is 4.67. The number of nitrogens with one attached hydrogen (secondary N) is 1. The third-order valence-corrected chi connectivity index (χ3v) is 6.10. The predicted molar refractivity (Wildman–Crippen MR) is 108 cm³/mol. The van der Waals surface area contributed by atoms with Gasteiger partial charge in [0.1, 0.15) is 5.82 Å². The Morgan fingerprint density at radius 1 is 1.19 bits per heavy atom. The Bertz CT molecular complexity index is 1150. The monoisotopic (exact) mass is 394 g/mol. The molecule has 3 heterocycles. The van der Waals surface area contributed by atoms with Crippen LogP contribution in [0.2, 0.25) is 5.02 Å². The number of carbonyl (C=O) groups is 1. The quantitative estimate of drug-likeness (QED) is 0.525. The first-order chi connectivity index (χ1) is 13.1. The molecule has 5 nitrogen and oxygen atoms in total. The van der Waals surface area contributed by atoms with Crippen LogP contribution in [0.25, 0.3) is 15.3 Å². The summed E-state index contributed by atoms with van der Waals surface area (Å²) < 4.78 is 2.85. The predicted octanol–water partition coefficient (Wildman–Crippen LogP) is 4.92. The molecule has 2 aromatic heterocycles. The Balaban J connectivity index is 1.67. The van der Waals surface area contributed by atoms with Crippen molar-refractivity contribution in [2.75, 3.05) is 5.32 Å². The lowest BCUT2D eigenvalue weighted by molar-refractivity contribution is -0.116. The lowest BCUT2D eigenvalue weighted by atomic mass is 9.86. The molecule has 27 heavy (non-hydrogen) atoms. The van der Waals surface area contributed by atoms with E-state index in [1.165, 1.54) is 0 Å². The number of thiazole rings is 1. The fraction of sp³-hybridized carbons (Fsp3) is 0.150. The molecule has 1 unspecified atom stereocenters. The SMILES string of the molecule is Cc1nn(-c2nc3ccccc3s2)c2c1C(c1ccc(Cl)cc1)CC(=O)N2. The van der Waals surface area contributed by atoms with Gasteiger partial charge in [-0.25, -0.2) is 4.98 Å². The summed E-state index contributed by atoms with van der Waals surface area (Å²) in [6.45, 7) is 1.98. The zero-order chi connectivity index (χ0) is 18.5. The van der Waals surface area contributed by atoms with Crippen LogP contribution in [0.3, 0.4) is 0 Å². The molecule has 4 aromatic rings. The number of para-hydroxylation sites is 1. The summed E-state index contributed by atoms with van der Waals surface area (Å²) >= 11 is 7.59. The van der Waals surface area contributed by atoms with Gasteiger partial charge >= 0.3 is 0 Å². The summed E-state index contributed by atoms with van der Waals surface area (Å²) in [4.78, 5) is 17.1. The highest BCUT2D eigenvalue weighted by Crippen LogP contribution is 2.41. The first kappa shape index (κ1) is 16.5. The lowest BCUT2D eigenvalue weighted by Crippen LogP contribution is -2.24. The number of carbonyl (C=O) groups excluding carboxylic acids is 1. The topological polar surface area (TPSA) is 59.8 Å². The van der Waals surface area contributed by atoms with Gasteiger partial charge in [-0.2, -0.15) is 9.78 Å². The average molecular weight is 395 g/mol. The van der Waals surface area contributed by atoms with E-state index in [-0.39, 0.29) is 11.8 Å². The number of benzene rings is 2. The van der Waals surface area contributed by atoms with Crippen LogP contribution in [0, 0.1) is 6.92 Å². The highest BCUT2D eigenvalue weighted by molar-refractivity contribution is 7.20. The first-order valence-corrected chi connectivity index (χ1v) is 9.80. The van der Waals surface area contributed by atoms with Gasteiger partial charge in [0.2, 0.25) is 11.0 Å². The van der Waals surface area contributed by atoms with Gasteiger partial charge in [-0.3, -0.25) is 4.79 Å². The second-order valence-corrected chi connectivity index (χ2v) is 8.03. The minimum absolute atomic E-state index is 0.0234. The van der Waals surface area contributed by atoms with Crippen LogP contribution in [-0.2, 0) is 4.79 Å². The highest BCUT2D eigenvalue weighted by atomic mass is 35.5. The molecule has 134 valence electrons. The molecule has 1 aliphatic heterocycles. The molecule has 0 aliphatic carbocycles. The third kappa shape index (κ3) is 2.72. The molecule has 0 saturated carbocycles. The Kier molecular flexibility index (Phi) is 3.77. The second kappa shape index (κ2) is 6.18. The minimum Gasteiger partial charge on any atom is -0.310 e. The Labute approximate surface area is 164 Å². The first-order valence-electron chi connectivity index (χ1n) is 8.61. The Morgan fingerprint density at radius 3 is 2.74 bits per heavy atom. The molecule has 1 amide bonds. The smallest absolute Gasteiger partial charge is 0.226 e. The fourth-order valence-electron chi connectivity index (χ4n) is 3.62. The molecule has 2 aromatic carbocycles. The number of fused-ring (bicyclic) bond motifs is 2. The van der Waals surface area contributed by atoms with Crippen LogP contribution in [0.1, 0.15) is 29.2 Å². The van der Waals surface area contributed by atoms with E-state index in [0.717, 1.165) is 32.2 Å². The summed E-state index contributed by atoms with van der Waals surface area (Å²) in [6.07, 6.45) is 0.390. The van der Waals surface area contributed by atoms with Gasteiger partial charge in [0.25, 0.3) is 0 Å². The van der Waals surface area contributed by atoms with Gasteiger partial charge in [-0.05, 0) is 36.8 Å². The zero-order valence-corrected chi connectivity index (χ0v) is 16.0. The molecule has 1 aliphatic rings. The molecule has 0 bridgehead atoms. The van der Waals surface area contributed by atoms with Crippen LogP contribution in [0.4, 0.5) is 5.82 Å². The second-order valence-electron chi connectivity index (χ2n) is 6.58. The summed E-state index contributed by atoms with van der Waals surface area (Å²) in [5, 5.41) is 9.14. The summed E-state index contributed by atoms with van der Waals surface area (Å²) in [6, 6.07) is 15.6. The largest absolute Gasteiger partial charge is 0.310 e. The van der Waals surface area contributed by atoms with Gasteiger partial charge in [0.15, 0.2) is 0 Å². The maximum absolute atomic E-state index is 12.4. The van der Waals surface area contributed by atoms with Crippen molar-refractivity contribution in [3.8, 4) is 5.13 Å². The van der Waals surface area contributed by atoms with E-state index >= 15 is 0 Å². The number of aryl methyl sites for hydroxylation is 1. The van der Waals surface area contributed by atoms with E-state index in [1.807, 2.05) is 55.5 Å². The van der Waals surface area contributed by atoms with Crippen molar-refractivity contribution in [3.63, 3.8) is 0 Å². The number of hydrogen-bond donors (Lipinski definition) is 1. The molecule has 1 atom stereocenters. The normalized spacial score (nSPS) is 16.4. The molecule has 0 radical (unpaired) electrons. The van der Waals surface area contributed by atoms with Crippen molar-refractivity contribution in [1.29, 1.82) is 0 Å². The van der Waals surface area contributed by atoms with Crippen LogP contribution in [0.5, 0.6) is 0 Å². The van der Waals surface area contributed by atoms with Gasteiger partial charge in [-0.1, -0.05) is 47.2 Å². The number of halogens is 1. The molecule has 1 N–H and O–H groups in total. The van der Waals surface area contributed by atoms with E-state index in [9.17, 15) is 4.79 Å². The maximum atomic E-state index is 12.4. The van der Waals surface area contributed by atoms with Crippen molar-refractivity contribution >= 4 is 44.9 Å². The number of nitrogens with zero attached hydrogens (tertiary/aromatic N) is 3. The van der Waals surface area contributed by atoms with E-state index in [4.69, 9.17) is 16.7 Å². The number of amides is 1. The van der Waals surface area contributed by atoms with E-state index in [2.05, 4.69) is 10.3 Å². The highest BCUT2D eigenvalue weighted by Gasteiger charge is 2.33. The zero-order valence-electron chi connectivity index (χ0n) is 14.4. The molecule has 5 rings (SSSR count). The number of aromatic nitrogens is 3. The van der Waals surface area contributed by atoms with Crippen molar-refractivity contribution in [2.24, 2.45) is 0 Å². The van der Waals surface area contributed by atoms with Crippen molar-refractivity contribution in [3.05, 3.63) is 70.4 Å². The van der Waals surface area contributed by atoms with Gasteiger partial charge in [0.05, 0.1) is 15.9 Å². The lowest BCUT2D eigenvalue weighted by Gasteiger charge is -2.24. The maximum Gasteiger partial charge on any atom is 0.226 e. The standard InChI is InChI=1S/C20H15ClN4OS/c1-11-18-14(12-6-8-13(21)9-7-12)10-17(26)23-19(18)25(24-11)20-22-15-4-2-3-5-16(15)27-20/h2-9,14H,10H2,1H3,(H,23,26). The summed E-state index contributed by atoms with van der Waals surface area (Å²) in [7, 11) is 0. The van der Waals surface area contributed by atoms with Crippen LogP contribution < -0.4 is 5.32 Å². The summed E-state index contributed by atoms with van der Waals surface area (Å²) in [5.41, 5.74) is 3.92. The van der Waals surface area contributed by atoms with Gasteiger partial charge in [-0.15, -0.1) is 0 Å². The molecule has 7 heteroatoms. The number of rotatable bonds is 2. The van der Waals surface area contributed by atoms with Gasteiger partial charge in [0, 0.05) is 22.9 Å². The number of hydrogen-bond acceptors (Lipinski definition) is 4. The van der Waals surface area contributed by atoms with E-state index in [1.54, 1.807) is 16.0 Å². The molecular formula is C20H15ClN4OS. The third-order valence-electron chi connectivity index (χ3n) is 4.84. The number of anilines is 1. The van der Waals surface area contributed by atoms with E-state index < -0.39 is 0 Å². The molecular weight excluding hydrogens is 380 g/mol. The van der Waals surface area contributed by atoms with Crippen LogP contribution in [-0.4, -0.2) is 20.7 Å². The molecule has 0 spiro atoms. The van der Waals surface area contributed by atoms with E-state index in [0.29, 0.717) is 17.3 Å². The van der Waals surface area contributed by atoms with Gasteiger partial charge < -0.3 is 5.32 Å². The van der Waals surface area contributed by atoms with Crippen LogP contribution >= 0.6 is 22.9 Å². The van der Waals surface area contributed by atoms with Crippen molar-refractivity contribution in [1.82, 2.24) is 14.8 Å². The molecule has 0 saturated heterocycles. The van der Waals surface area contributed by atoms with Crippen LogP contribution in [0.15, 0.2) is 48.5 Å². The average Bonchev–Trinajstić information content (AvgIpc) is 3.23. The minimum atomic E-state index is -0.0471. The van der Waals surface area contributed by atoms with Crippen molar-refractivity contribution < 1.29 is 4.79 Å². The van der Waals surface area contributed by atoms with Crippen molar-refractivity contribution in [2.45, 2.75) is 19.3 Å². The molecule has 0 fully saturated rings. The Hall–Kier alpha value is -2.70. The summed E-state index contributed by atoms with van der Waals surface area (Å²) in [5.74, 6) is 0.640.